The third kappa shape index (κ3) is 3.49. The zero-order chi connectivity index (χ0) is 15.6. The van der Waals surface area contributed by atoms with Crippen LogP contribution >= 0.6 is 15.9 Å². The third-order valence-corrected chi connectivity index (χ3v) is 3.16. The summed E-state index contributed by atoms with van der Waals surface area (Å²) >= 11 is 3.26. The first kappa shape index (κ1) is 15.2. The number of hydrogen-bond donors (Lipinski definition) is 2. The molecule has 0 aromatic heterocycles. The fourth-order valence-corrected chi connectivity index (χ4v) is 2.14. The quantitative estimate of drug-likeness (QED) is 0.826. The van der Waals surface area contributed by atoms with Gasteiger partial charge in [-0.1, -0.05) is 15.9 Å². The van der Waals surface area contributed by atoms with E-state index in [-0.39, 0.29) is 5.56 Å². The normalized spacial score (nSPS) is 10.3. The molecule has 0 aliphatic carbocycles. The van der Waals surface area contributed by atoms with Crippen molar-refractivity contribution in [1.29, 1.82) is 0 Å². The van der Waals surface area contributed by atoms with Crippen molar-refractivity contribution in [3.63, 3.8) is 0 Å². The molecule has 0 bridgehead atoms. The molecule has 0 aliphatic heterocycles. The van der Waals surface area contributed by atoms with E-state index < -0.39 is 23.2 Å². The summed E-state index contributed by atoms with van der Waals surface area (Å²) in [5.74, 6) is -2.10. The number of amides is 1. The smallest absolute Gasteiger partial charge is 0.255 e. The number of ether oxygens (including phenoxy) is 1. The van der Waals surface area contributed by atoms with Crippen molar-refractivity contribution in [3.05, 3.63) is 52.0 Å². The van der Waals surface area contributed by atoms with E-state index >= 15 is 0 Å². The van der Waals surface area contributed by atoms with Gasteiger partial charge in [-0.3, -0.25) is 4.79 Å². The summed E-state index contributed by atoms with van der Waals surface area (Å²) in [6.45, 7) is 0. The van der Waals surface area contributed by atoms with Crippen molar-refractivity contribution in [3.8, 4) is 5.75 Å². The molecular weight excluding hydrogens is 346 g/mol. The maximum Gasteiger partial charge on any atom is 0.255 e. The lowest BCUT2D eigenvalue weighted by Gasteiger charge is -2.09. The molecule has 0 heterocycles. The van der Waals surface area contributed by atoms with Gasteiger partial charge in [0, 0.05) is 21.8 Å². The molecule has 7 heteroatoms. The number of nitrogens with one attached hydrogen (secondary N) is 1. The van der Waals surface area contributed by atoms with Crippen LogP contribution in [0, 0.1) is 11.6 Å². The lowest BCUT2D eigenvalue weighted by molar-refractivity contribution is 0.102. The van der Waals surface area contributed by atoms with Crippen LogP contribution in [0.5, 0.6) is 5.75 Å². The summed E-state index contributed by atoms with van der Waals surface area (Å²) in [4.78, 5) is 12.0. The van der Waals surface area contributed by atoms with Crippen molar-refractivity contribution < 1.29 is 18.3 Å². The third-order valence-electron chi connectivity index (χ3n) is 2.71. The van der Waals surface area contributed by atoms with E-state index in [1.165, 1.54) is 7.11 Å². The van der Waals surface area contributed by atoms with Crippen molar-refractivity contribution in [2.75, 3.05) is 18.2 Å². The number of anilines is 2. The summed E-state index contributed by atoms with van der Waals surface area (Å²) in [5.41, 5.74) is 4.79. The molecule has 1 amide bonds. The van der Waals surface area contributed by atoms with Gasteiger partial charge in [0.1, 0.15) is 23.1 Å². The lowest BCUT2D eigenvalue weighted by atomic mass is 10.1. The van der Waals surface area contributed by atoms with Crippen LogP contribution in [0.1, 0.15) is 10.4 Å². The average Bonchev–Trinajstić information content (AvgIpc) is 2.43. The van der Waals surface area contributed by atoms with E-state index in [2.05, 4.69) is 21.2 Å². The molecule has 0 aliphatic rings. The van der Waals surface area contributed by atoms with Gasteiger partial charge in [-0.15, -0.1) is 0 Å². The molecule has 110 valence electrons. The summed E-state index contributed by atoms with van der Waals surface area (Å²) < 4.78 is 32.4. The molecule has 2 aromatic carbocycles. The van der Waals surface area contributed by atoms with Crippen LogP contribution in [0.25, 0.3) is 0 Å². The van der Waals surface area contributed by atoms with E-state index in [1.807, 2.05) is 0 Å². The van der Waals surface area contributed by atoms with Gasteiger partial charge in [-0.2, -0.15) is 0 Å². The summed E-state index contributed by atoms with van der Waals surface area (Å²) in [5, 5.41) is 2.52. The predicted molar refractivity (Wildman–Crippen MR) is 79.4 cm³/mol. The monoisotopic (exact) mass is 356 g/mol. The molecule has 2 rings (SSSR count). The van der Waals surface area contributed by atoms with Gasteiger partial charge in [-0.25, -0.2) is 8.78 Å². The van der Waals surface area contributed by atoms with Gasteiger partial charge >= 0.3 is 0 Å². The maximum atomic E-state index is 13.3. The summed E-state index contributed by atoms with van der Waals surface area (Å²) in [7, 11) is 1.48. The van der Waals surface area contributed by atoms with Gasteiger partial charge in [0.2, 0.25) is 0 Å². The summed E-state index contributed by atoms with van der Waals surface area (Å²) in [6.07, 6.45) is 0. The molecule has 0 atom stereocenters. The second-order valence-corrected chi connectivity index (χ2v) is 5.10. The van der Waals surface area contributed by atoms with E-state index in [4.69, 9.17) is 10.5 Å². The first-order valence-corrected chi connectivity index (χ1v) is 6.60. The van der Waals surface area contributed by atoms with Crippen LogP contribution in [0.15, 0.2) is 34.8 Å². The molecule has 0 saturated carbocycles. The Morgan fingerprint density at radius 2 is 1.81 bits per heavy atom. The maximum absolute atomic E-state index is 13.3. The molecule has 3 N–H and O–H groups in total. The Hall–Kier alpha value is -2.15. The highest BCUT2D eigenvalue weighted by Crippen LogP contribution is 2.25. The fraction of sp³-hybridized carbons (Fsp3) is 0.0714. The van der Waals surface area contributed by atoms with Crippen molar-refractivity contribution in [2.45, 2.75) is 0 Å². The predicted octanol–water partition coefficient (Wildman–Crippen LogP) is 3.57. The van der Waals surface area contributed by atoms with E-state index in [0.717, 1.165) is 12.1 Å². The van der Waals surface area contributed by atoms with Gasteiger partial charge < -0.3 is 15.8 Å². The Balaban J connectivity index is 2.28. The molecule has 21 heavy (non-hydrogen) atoms. The van der Waals surface area contributed by atoms with Crippen molar-refractivity contribution >= 4 is 33.2 Å². The van der Waals surface area contributed by atoms with Gasteiger partial charge in [0.05, 0.1) is 7.11 Å². The number of nitrogens with two attached hydrogens (primary N) is 1. The Bertz CT molecular complexity index is 684. The van der Waals surface area contributed by atoms with Crippen LogP contribution in [0.3, 0.4) is 0 Å². The standard InChI is InChI=1S/C14H11BrF2N2O2/c1-21-10-5-8(15)4-9(6-10)19-14(20)7-2-11(16)13(18)12(17)3-7/h2-6H,18H2,1H3,(H,19,20). The second kappa shape index (κ2) is 6.09. The molecule has 4 nitrogen and oxygen atoms in total. The van der Waals surface area contributed by atoms with E-state index in [0.29, 0.717) is 15.9 Å². The number of benzene rings is 2. The highest BCUT2D eigenvalue weighted by atomic mass is 79.9. The second-order valence-electron chi connectivity index (χ2n) is 4.19. The van der Waals surface area contributed by atoms with Crippen molar-refractivity contribution in [2.24, 2.45) is 0 Å². The largest absolute Gasteiger partial charge is 0.497 e. The topological polar surface area (TPSA) is 64.3 Å². The molecule has 0 fully saturated rings. The summed E-state index contributed by atoms with van der Waals surface area (Å²) in [6, 6.07) is 6.67. The number of carbonyl (C=O) groups excluding carboxylic acids is 1. The number of halogens is 3. The number of methoxy groups -OCH3 is 1. The highest BCUT2D eigenvalue weighted by Gasteiger charge is 2.14. The fourth-order valence-electron chi connectivity index (χ4n) is 1.67. The van der Waals surface area contributed by atoms with Crippen molar-refractivity contribution in [1.82, 2.24) is 0 Å². The molecule has 0 unspecified atom stereocenters. The first-order valence-electron chi connectivity index (χ1n) is 5.81. The lowest BCUT2D eigenvalue weighted by Crippen LogP contribution is -2.13. The van der Waals surface area contributed by atoms with E-state index in [1.54, 1.807) is 18.2 Å². The Labute approximate surface area is 128 Å². The van der Waals surface area contributed by atoms with Gasteiger partial charge in [0.15, 0.2) is 0 Å². The Morgan fingerprint density at radius 1 is 1.19 bits per heavy atom. The molecule has 2 aromatic rings. The number of carbonyl (C=O) groups is 1. The molecule has 0 saturated heterocycles. The first-order chi connectivity index (χ1) is 9.90. The average molecular weight is 357 g/mol. The van der Waals surface area contributed by atoms with Crippen LogP contribution in [0.4, 0.5) is 20.2 Å². The Kier molecular flexibility index (Phi) is 4.42. The number of rotatable bonds is 3. The van der Waals surface area contributed by atoms with Crippen LogP contribution in [0.2, 0.25) is 0 Å². The number of nitrogen functional groups attached to an aromatic ring is 1. The minimum absolute atomic E-state index is 0.168. The minimum Gasteiger partial charge on any atom is -0.497 e. The highest BCUT2D eigenvalue weighted by molar-refractivity contribution is 9.10. The van der Waals surface area contributed by atoms with Crippen LogP contribution in [-0.4, -0.2) is 13.0 Å². The van der Waals surface area contributed by atoms with E-state index in [9.17, 15) is 13.6 Å². The minimum atomic E-state index is -0.980. The zero-order valence-corrected chi connectivity index (χ0v) is 12.5. The molecular formula is C14H11BrF2N2O2. The van der Waals surface area contributed by atoms with Gasteiger partial charge in [-0.05, 0) is 24.3 Å². The van der Waals surface area contributed by atoms with Gasteiger partial charge in [0.25, 0.3) is 5.91 Å². The zero-order valence-electron chi connectivity index (χ0n) is 10.9. The van der Waals surface area contributed by atoms with Crippen LogP contribution in [-0.2, 0) is 0 Å². The molecule has 0 spiro atoms. The van der Waals surface area contributed by atoms with Crippen LogP contribution < -0.4 is 15.8 Å². The molecule has 0 radical (unpaired) electrons. The SMILES string of the molecule is COc1cc(Br)cc(NC(=O)c2cc(F)c(N)c(F)c2)c1. The number of hydrogen-bond acceptors (Lipinski definition) is 3. The Morgan fingerprint density at radius 3 is 2.38 bits per heavy atom.